The first-order valence-corrected chi connectivity index (χ1v) is 6.14. The van der Waals surface area contributed by atoms with Crippen LogP contribution in [0.5, 0.6) is 5.75 Å². The second kappa shape index (κ2) is 7.70. The monoisotopic (exact) mass is 232 g/mol. The van der Waals surface area contributed by atoms with Crippen LogP contribution < -0.4 is 10.1 Å². The molecule has 0 heterocycles. The smallest absolute Gasteiger partial charge is 0.119 e. The summed E-state index contributed by atoms with van der Waals surface area (Å²) in [6.07, 6.45) is 1.75. The quantitative estimate of drug-likeness (QED) is 0.785. The lowest BCUT2D eigenvalue weighted by Gasteiger charge is -2.11. The zero-order valence-electron chi connectivity index (χ0n) is 10.6. The zero-order valence-corrected chi connectivity index (χ0v) is 10.6. The summed E-state index contributed by atoms with van der Waals surface area (Å²) in [6, 6.07) is 10.2. The Labute approximate surface area is 103 Å². The van der Waals surface area contributed by atoms with Gasteiger partial charge < -0.3 is 10.1 Å². The summed E-state index contributed by atoms with van der Waals surface area (Å²) in [5, 5.41) is 12.0. The van der Waals surface area contributed by atoms with Crippen molar-refractivity contribution < 1.29 is 4.74 Å². The van der Waals surface area contributed by atoms with E-state index in [4.69, 9.17) is 10.00 Å². The number of benzene rings is 1. The van der Waals surface area contributed by atoms with Crippen LogP contribution in [0.25, 0.3) is 0 Å². The lowest BCUT2D eigenvalue weighted by atomic mass is 10.2. The molecule has 1 N–H and O–H groups in total. The lowest BCUT2D eigenvalue weighted by Crippen LogP contribution is -2.28. The van der Waals surface area contributed by atoms with Gasteiger partial charge in [0, 0.05) is 6.42 Å². The van der Waals surface area contributed by atoms with Crippen LogP contribution in [0, 0.1) is 11.3 Å². The van der Waals surface area contributed by atoms with E-state index in [2.05, 4.69) is 30.4 Å². The van der Waals surface area contributed by atoms with E-state index in [0.29, 0.717) is 13.0 Å². The summed E-state index contributed by atoms with van der Waals surface area (Å²) in [6.45, 7) is 5.50. The van der Waals surface area contributed by atoms with Gasteiger partial charge in [0.2, 0.25) is 0 Å². The average molecular weight is 232 g/mol. The Balaban J connectivity index is 2.32. The Bertz CT molecular complexity index is 353. The fraction of sp³-hybridized carbons (Fsp3) is 0.500. The van der Waals surface area contributed by atoms with Gasteiger partial charge in [0.05, 0.1) is 18.7 Å². The molecule has 0 amide bonds. The highest BCUT2D eigenvalue weighted by molar-refractivity contribution is 5.27. The topological polar surface area (TPSA) is 45.0 Å². The van der Waals surface area contributed by atoms with Crippen LogP contribution in [0.4, 0.5) is 0 Å². The van der Waals surface area contributed by atoms with Gasteiger partial charge >= 0.3 is 0 Å². The van der Waals surface area contributed by atoms with Crippen molar-refractivity contribution in [2.45, 2.75) is 32.7 Å². The molecule has 0 saturated carbocycles. The molecule has 92 valence electrons. The fourth-order valence-corrected chi connectivity index (χ4v) is 1.57. The van der Waals surface area contributed by atoms with Crippen LogP contribution in [0.15, 0.2) is 24.3 Å². The molecular weight excluding hydrogens is 212 g/mol. The minimum atomic E-state index is -0.116. The number of hydrogen-bond donors (Lipinski definition) is 1. The molecule has 0 aliphatic rings. The van der Waals surface area contributed by atoms with Gasteiger partial charge in [-0.1, -0.05) is 26.0 Å². The van der Waals surface area contributed by atoms with Gasteiger partial charge in [-0.3, -0.25) is 0 Å². The minimum absolute atomic E-state index is 0.116. The van der Waals surface area contributed by atoms with Crippen molar-refractivity contribution in [2.24, 2.45) is 0 Å². The third-order valence-corrected chi connectivity index (χ3v) is 2.61. The van der Waals surface area contributed by atoms with E-state index in [1.54, 1.807) is 0 Å². The van der Waals surface area contributed by atoms with Crippen molar-refractivity contribution in [1.29, 1.82) is 5.26 Å². The number of hydrogen-bond acceptors (Lipinski definition) is 3. The molecule has 1 aromatic carbocycles. The Morgan fingerprint density at radius 3 is 2.53 bits per heavy atom. The predicted octanol–water partition coefficient (Wildman–Crippen LogP) is 2.52. The number of ether oxygens (including phenoxy) is 1. The normalized spacial score (nSPS) is 11.8. The summed E-state index contributed by atoms with van der Waals surface area (Å²) in [5.74, 6) is 0.871. The highest BCUT2D eigenvalue weighted by atomic mass is 16.5. The molecule has 17 heavy (non-hydrogen) atoms. The van der Waals surface area contributed by atoms with Crippen molar-refractivity contribution in [3.05, 3.63) is 29.8 Å². The second-order valence-electron chi connectivity index (χ2n) is 3.87. The molecule has 3 heteroatoms. The first-order valence-electron chi connectivity index (χ1n) is 6.14. The van der Waals surface area contributed by atoms with Crippen LogP contribution in [-0.2, 0) is 6.42 Å². The van der Waals surface area contributed by atoms with Crippen molar-refractivity contribution in [3.63, 3.8) is 0 Å². The van der Waals surface area contributed by atoms with E-state index in [-0.39, 0.29) is 6.04 Å². The second-order valence-corrected chi connectivity index (χ2v) is 3.87. The first-order chi connectivity index (χ1) is 8.30. The molecule has 0 bridgehead atoms. The molecule has 3 nitrogen and oxygen atoms in total. The molecule has 0 saturated heterocycles. The number of nitriles is 1. The Morgan fingerprint density at radius 2 is 2.00 bits per heavy atom. The molecule has 0 aromatic heterocycles. The van der Waals surface area contributed by atoms with Crippen LogP contribution in [0.2, 0.25) is 0 Å². The Kier molecular flexibility index (Phi) is 6.13. The third kappa shape index (κ3) is 4.88. The van der Waals surface area contributed by atoms with E-state index < -0.39 is 0 Å². The van der Waals surface area contributed by atoms with E-state index >= 15 is 0 Å². The molecule has 0 radical (unpaired) electrons. The number of aryl methyl sites for hydroxylation is 1. The molecule has 1 atom stereocenters. The highest BCUT2D eigenvalue weighted by Crippen LogP contribution is 2.12. The number of nitrogens with zero attached hydrogens (tertiary/aromatic N) is 1. The van der Waals surface area contributed by atoms with E-state index in [1.807, 2.05) is 19.1 Å². The molecular formula is C14H20N2O. The lowest BCUT2D eigenvalue weighted by molar-refractivity contribution is 0.298. The largest absolute Gasteiger partial charge is 0.493 e. The Morgan fingerprint density at radius 1 is 1.29 bits per heavy atom. The van der Waals surface area contributed by atoms with Crippen molar-refractivity contribution in [2.75, 3.05) is 13.2 Å². The van der Waals surface area contributed by atoms with Gasteiger partial charge in [-0.2, -0.15) is 5.26 Å². The molecule has 0 aliphatic heterocycles. The maximum absolute atomic E-state index is 8.85. The van der Waals surface area contributed by atoms with Gasteiger partial charge in [0.1, 0.15) is 5.75 Å². The van der Waals surface area contributed by atoms with Gasteiger partial charge in [-0.25, -0.2) is 0 Å². The average Bonchev–Trinajstić information content (AvgIpc) is 2.38. The molecule has 0 fully saturated rings. The molecule has 1 aromatic rings. The summed E-state index contributed by atoms with van der Waals surface area (Å²) in [4.78, 5) is 0. The van der Waals surface area contributed by atoms with Crippen LogP contribution in [-0.4, -0.2) is 19.2 Å². The van der Waals surface area contributed by atoms with Gasteiger partial charge in [-0.15, -0.1) is 0 Å². The van der Waals surface area contributed by atoms with Gasteiger partial charge in [0.15, 0.2) is 0 Å². The summed E-state index contributed by atoms with van der Waals surface area (Å²) >= 11 is 0. The molecule has 1 rings (SSSR count). The number of nitrogens with one attached hydrogen (secondary N) is 1. The molecule has 0 aliphatic carbocycles. The minimum Gasteiger partial charge on any atom is -0.493 e. The zero-order chi connectivity index (χ0) is 12.5. The third-order valence-electron chi connectivity index (χ3n) is 2.61. The number of rotatable bonds is 7. The van der Waals surface area contributed by atoms with Crippen molar-refractivity contribution >= 4 is 0 Å². The highest BCUT2D eigenvalue weighted by Gasteiger charge is 2.04. The van der Waals surface area contributed by atoms with E-state index in [1.165, 1.54) is 5.56 Å². The van der Waals surface area contributed by atoms with Crippen molar-refractivity contribution in [3.8, 4) is 11.8 Å². The molecule has 0 spiro atoms. The van der Waals surface area contributed by atoms with E-state index in [9.17, 15) is 0 Å². The predicted molar refractivity (Wildman–Crippen MR) is 69.0 cm³/mol. The first kappa shape index (κ1) is 13.5. The van der Waals surface area contributed by atoms with Crippen LogP contribution >= 0.6 is 0 Å². The van der Waals surface area contributed by atoms with Crippen LogP contribution in [0.3, 0.4) is 0 Å². The maximum Gasteiger partial charge on any atom is 0.119 e. The summed E-state index contributed by atoms with van der Waals surface area (Å²) in [5.41, 5.74) is 1.31. The molecule has 1 unspecified atom stereocenters. The van der Waals surface area contributed by atoms with Crippen molar-refractivity contribution in [1.82, 2.24) is 5.32 Å². The maximum atomic E-state index is 8.85. The SMILES string of the molecule is CCNC(C#N)CCOc1ccc(CC)cc1. The Hall–Kier alpha value is -1.53. The van der Waals surface area contributed by atoms with Gasteiger partial charge in [0.25, 0.3) is 0 Å². The summed E-state index contributed by atoms with van der Waals surface area (Å²) < 4.78 is 5.59. The van der Waals surface area contributed by atoms with Gasteiger partial charge in [-0.05, 0) is 30.7 Å². The summed E-state index contributed by atoms with van der Waals surface area (Å²) in [7, 11) is 0. The van der Waals surface area contributed by atoms with E-state index in [0.717, 1.165) is 18.7 Å². The standard InChI is InChI=1S/C14H20N2O/c1-3-12-5-7-14(8-6-12)17-10-9-13(11-15)16-4-2/h5-8,13,16H,3-4,9-10H2,1-2H3. The fourth-order valence-electron chi connectivity index (χ4n) is 1.57. The van der Waals surface area contributed by atoms with Crippen LogP contribution in [0.1, 0.15) is 25.8 Å².